The van der Waals surface area contributed by atoms with Crippen LogP contribution < -0.4 is 11.1 Å². The van der Waals surface area contributed by atoms with Gasteiger partial charge in [-0.3, -0.25) is 0 Å². The normalized spacial score (nSPS) is 24.5. The smallest absolute Gasteiger partial charge is 0.127 e. The Labute approximate surface area is 104 Å². The Balaban J connectivity index is 1.76. The van der Waals surface area contributed by atoms with E-state index in [-0.39, 0.29) is 0 Å². The molecule has 0 amide bonds. The Morgan fingerprint density at radius 1 is 1.29 bits per heavy atom. The molecule has 0 aliphatic heterocycles. The Hall–Kier alpha value is -1.25. The van der Waals surface area contributed by atoms with Gasteiger partial charge < -0.3 is 11.1 Å². The highest BCUT2D eigenvalue weighted by Gasteiger charge is 2.19. The quantitative estimate of drug-likeness (QED) is 0.839. The van der Waals surface area contributed by atoms with Crippen molar-refractivity contribution in [1.82, 2.24) is 4.98 Å². The average molecular weight is 233 g/mol. The van der Waals surface area contributed by atoms with Crippen molar-refractivity contribution in [3.63, 3.8) is 0 Å². The minimum absolute atomic E-state index is 0.775. The summed E-state index contributed by atoms with van der Waals surface area (Å²) in [5, 5.41) is 3.40. The first-order valence-electron chi connectivity index (χ1n) is 6.73. The standard InChI is InChI=1S/C14H23N3/c1-2-11-3-5-12(6-4-11)10-17-14-9-13(15)7-8-16-14/h7-9,11-12H,2-6,10H2,1H3,(H3,15,16,17). The summed E-state index contributed by atoms with van der Waals surface area (Å²) in [6.45, 7) is 3.34. The van der Waals surface area contributed by atoms with Gasteiger partial charge in [-0.1, -0.05) is 26.2 Å². The second-order valence-corrected chi connectivity index (χ2v) is 5.15. The van der Waals surface area contributed by atoms with Crippen LogP contribution in [0.2, 0.25) is 0 Å². The fraction of sp³-hybridized carbons (Fsp3) is 0.643. The molecular weight excluding hydrogens is 210 g/mol. The van der Waals surface area contributed by atoms with Gasteiger partial charge in [0.25, 0.3) is 0 Å². The number of nitrogens with zero attached hydrogens (tertiary/aromatic N) is 1. The van der Waals surface area contributed by atoms with Crippen molar-refractivity contribution in [2.24, 2.45) is 11.8 Å². The second-order valence-electron chi connectivity index (χ2n) is 5.15. The fourth-order valence-corrected chi connectivity index (χ4v) is 2.64. The Bertz CT molecular complexity index is 343. The first kappa shape index (κ1) is 12.2. The van der Waals surface area contributed by atoms with Gasteiger partial charge in [-0.25, -0.2) is 4.98 Å². The van der Waals surface area contributed by atoms with Gasteiger partial charge in [0.2, 0.25) is 0 Å². The minimum atomic E-state index is 0.775. The van der Waals surface area contributed by atoms with Crippen molar-refractivity contribution < 1.29 is 0 Å². The van der Waals surface area contributed by atoms with Gasteiger partial charge in [0, 0.05) is 24.5 Å². The molecule has 1 fully saturated rings. The first-order chi connectivity index (χ1) is 8.28. The van der Waals surface area contributed by atoms with E-state index in [1.807, 2.05) is 12.1 Å². The number of nitrogen functional groups attached to an aromatic ring is 1. The summed E-state index contributed by atoms with van der Waals surface area (Å²) in [6, 6.07) is 3.72. The van der Waals surface area contributed by atoms with E-state index >= 15 is 0 Å². The lowest BCUT2D eigenvalue weighted by Gasteiger charge is -2.27. The predicted octanol–water partition coefficient (Wildman–Crippen LogP) is 3.29. The Kier molecular flexibility index (Phi) is 4.24. The van der Waals surface area contributed by atoms with Crippen molar-refractivity contribution >= 4 is 11.5 Å². The van der Waals surface area contributed by atoms with Crippen molar-refractivity contribution in [2.45, 2.75) is 39.0 Å². The lowest BCUT2D eigenvalue weighted by atomic mass is 9.81. The maximum absolute atomic E-state index is 5.72. The summed E-state index contributed by atoms with van der Waals surface area (Å²) in [5.41, 5.74) is 6.50. The van der Waals surface area contributed by atoms with E-state index in [0.717, 1.165) is 29.9 Å². The predicted molar refractivity (Wildman–Crippen MR) is 72.9 cm³/mol. The third-order valence-corrected chi connectivity index (χ3v) is 3.90. The van der Waals surface area contributed by atoms with Gasteiger partial charge in [0.1, 0.15) is 5.82 Å². The van der Waals surface area contributed by atoms with Crippen molar-refractivity contribution in [3.05, 3.63) is 18.3 Å². The van der Waals surface area contributed by atoms with Gasteiger partial charge >= 0.3 is 0 Å². The van der Waals surface area contributed by atoms with Crippen LogP contribution in [0.25, 0.3) is 0 Å². The zero-order valence-corrected chi connectivity index (χ0v) is 10.7. The lowest BCUT2D eigenvalue weighted by Crippen LogP contribution is -2.21. The molecule has 1 aromatic rings. The van der Waals surface area contributed by atoms with Crippen LogP contribution in [0, 0.1) is 11.8 Å². The van der Waals surface area contributed by atoms with Crippen LogP contribution in [0.1, 0.15) is 39.0 Å². The maximum atomic E-state index is 5.72. The van der Waals surface area contributed by atoms with Gasteiger partial charge in [-0.05, 0) is 30.7 Å². The number of nitrogens with two attached hydrogens (primary N) is 1. The molecule has 3 nitrogen and oxygen atoms in total. The average Bonchev–Trinajstić information content (AvgIpc) is 2.37. The molecule has 0 bridgehead atoms. The summed E-state index contributed by atoms with van der Waals surface area (Å²) in [7, 11) is 0. The number of nitrogens with one attached hydrogen (secondary N) is 1. The van der Waals surface area contributed by atoms with Crippen LogP contribution in [0.3, 0.4) is 0 Å². The van der Waals surface area contributed by atoms with Crippen LogP contribution in [0.5, 0.6) is 0 Å². The molecule has 94 valence electrons. The van der Waals surface area contributed by atoms with Crippen molar-refractivity contribution in [2.75, 3.05) is 17.6 Å². The first-order valence-corrected chi connectivity index (χ1v) is 6.73. The van der Waals surface area contributed by atoms with E-state index in [9.17, 15) is 0 Å². The minimum Gasteiger partial charge on any atom is -0.399 e. The number of hydrogen-bond donors (Lipinski definition) is 2. The molecule has 1 aliphatic rings. The number of rotatable bonds is 4. The summed E-state index contributed by atoms with van der Waals surface area (Å²) in [4.78, 5) is 4.26. The topological polar surface area (TPSA) is 50.9 Å². The van der Waals surface area contributed by atoms with Crippen LogP contribution in [-0.4, -0.2) is 11.5 Å². The van der Waals surface area contributed by atoms with E-state index in [2.05, 4.69) is 17.2 Å². The fourth-order valence-electron chi connectivity index (χ4n) is 2.64. The number of pyridine rings is 1. The van der Waals surface area contributed by atoms with Gasteiger partial charge in [-0.15, -0.1) is 0 Å². The molecule has 17 heavy (non-hydrogen) atoms. The summed E-state index contributed by atoms with van der Waals surface area (Å²) in [6.07, 6.45) is 8.60. The summed E-state index contributed by atoms with van der Waals surface area (Å²) in [5.74, 6) is 2.68. The zero-order chi connectivity index (χ0) is 12.1. The third kappa shape index (κ3) is 3.62. The summed E-state index contributed by atoms with van der Waals surface area (Å²) >= 11 is 0. The van der Waals surface area contributed by atoms with E-state index in [0.29, 0.717) is 0 Å². The SMILES string of the molecule is CCC1CCC(CNc2cc(N)ccn2)CC1. The molecule has 0 saturated heterocycles. The Morgan fingerprint density at radius 3 is 2.65 bits per heavy atom. The third-order valence-electron chi connectivity index (χ3n) is 3.90. The molecule has 0 atom stereocenters. The highest BCUT2D eigenvalue weighted by Crippen LogP contribution is 2.30. The van der Waals surface area contributed by atoms with Crippen molar-refractivity contribution in [1.29, 1.82) is 0 Å². The molecule has 1 aromatic heterocycles. The van der Waals surface area contributed by atoms with Crippen LogP contribution >= 0.6 is 0 Å². The number of hydrogen-bond acceptors (Lipinski definition) is 3. The van der Waals surface area contributed by atoms with E-state index < -0.39 is 0 Å². The van der Waals surface area contributed by atoms with Crippen LogP contribution in [0.4, 0.5) is 11.5 Å². The molecule has 3 N–H and O–H groups in total. The van der Waals surface area contributed by atoms with Gasteiger partial charge in [0.05, 0.1) is 0 Å². The molecule has 1 aliphatic carbocycles. The zero-order valence-electron chi connectivity index (χ0n) is 10.7. The van der Waals surface area contributed by atoms with Crippen LogP contribution in [-0.2, 0) is 0 Å². The summed E-state index contributed by atoms with van der Waals surface area (Å²) < 4.78 is 0. The molecule has 0 spiro atoms. The highest BCUT2D eigenvalue weighted by atomic mass is 15.0. The highest BCUT2D eigenvalue weighted by molar-refractivity contribution is 5.48. The van der Waals surface area contributed by atoms with Gasteiger partial charge in [-0.2, -0.15) is 0 Å². The van der Waals surface area contributed by atoms with Crippen LogP contribution in [0.15, 0.2) is 18.3 Å². The molecule has 3 heteroatoms. The largest absolute Gasteiger partial charge is 0.399 e. The monoisotopic (exact) mass is 233 g/mol. The second kappa shape index (κ2) is 5.89. The molecule has 1 heterocycles. The molecule has 2 rings (SSSR count). The van der Waals surface area contributed by atoms with E-state index in [1.54, 1.807) is 6.20 Å². The molecule has 1 saturated carbocycles. The van der Waals surface area contributed by atoms with Crippen molar-refractivity contribution in [3.8, 4) is 0 Å². The van der Waals surface area contributed by atoms with E-state index in [4.69, 9.17) is 5.73 Å². The molecule has 0 radical (unpaired) electrons. The number of aromatic nitrogens is 1. The van der Waals surface area contributed by atoms with E-state index in [1.165, 1.54) is 32.1 Å². The maximum Gasteiger partial charge on any atom is 0.127 e. The number of anilines is 2. The van der Waals surface area contributed by atoms with Gasteiger partial charge in [0.15, 0.2) is 0 Å². The molecule has 0 unspecified atom stereocenters. The molecule has 0 aromatic carbocycles. The lowest BCUT2D eigenvalue weighted by molar-refractivity contribution is 0.278. The Morgan fingerprint density at radius 2 is 2.00 bits per heavy atom. The molecular formula is C14H23N3.